The molecule has 2 aromatic carbocycles. The van der Waals surface area contributed by atoms with Gasteiger partial charge in [0.05, 0.1) is 15.6 Å². The van der Waals surface area contributed by atoms with Gasteiger partial charge in [-0.3, -0.25) is 0 Å². The molecule has 4 rings (SSSR count). The molecule has 0 amide bonds. The summed E-state index contributed by atoms with van der Waals surface area (Å²) in [7, 11) is 0. The number of rotatable bonds is 6. The molecule has 31 heavy (non-hydrogen) atoms. The standard InChI is InChI=1S/C23H17ClN2O4S/c1-13-22(31-21(26-13)12-30-20-8-6-17(24)11-25-20)16-4-2-3-14(9-16)15-5-7-18(23(28)29)19(27)10-15/h2-11,27H,12H2,1H3,(H,28,29). The molecule has 2 heterocycles. The summed E-state index contributed by atoms with van der Waals surface area (Å²) in [6.07, 6.45) is 1.53. The molecule has 0 atom stereocenters. The fraction of sp³-hybridized carbons (Fsp3) is 0.0870. The Balaban J connectivity index is 1.57. The molecule has 0 radical (unpaired) electrons. The minimum Gasteiger partial charge on any atom is -0.507 e. The number of hydrogen-bond donors (Lipinski definition) is 2. The van der Waals surface area contributed by atoms with Gasteiger partial charge in [-0.2, -0.15) is 0 Å². The van der Waals surface area contributed by atoms with Crippen molar-refractivity contribution in [3.8, 4) is 33.2 Å². The van der Waals surface area contributed by atoms with Gasteiger partial charge in [-0.25, -0.2) is 14.8 Å². The van der Waals surface area contributed by atoms with Crippen molar-refractivity contribution in [2.75, 3.05) is 0 Å². The molecule has 0 aliphatic carbocycles. The third-order valence-electron chi connectivity index (χ3n) is 4.57. The summed E-state index contributed by atoms with van der Waals surface area (Å²) >= 11 is 7.37. The Bertz CT molecular complexity index is 1250. The fourth-order valence-corrected chi connectivity index (χ4v) is 4.18. The number of thiazole rings is 1. The summed E-state index contributed by atoms with van der Waals surface area (Å²) in [5.41, 5.74) is 3.32. The molecule has 0 bridgehead atoms. The molecule has 0 aliphatic rings. The maximum atomic E-state index is 11.1. The van der Waals surface area contributed by atoms with E-state index >= 15 is 0 Å². The van der Waals surface area contributed by atoms with Gasteiger partial charge in [0.15, 0.2) is 0 Å². The number of hydrogen-bond acceptors (Lipinski definition) is 6. The number of nitrogens with zero attached hydrogens (tertiary/aromatic N) is 2. The number of phenols is 1. The van der Waals surface area contributed by atoms with Crippen LogP contribution in [0.4, 0.5) is 0 Å². The van der Waals surface area contributed by atoms with Crippen LogP contribution in [0.1, 0.15) is 21.1 Å². The topological polar surface area (TPSA) is 92.5 Å². The van der Waals surface area contributed by atoms with E-state index in [4.69, 9.17) is 21.4 Å². The number of aromatic nitrogens is 2. The molecule has 2 N–H and O–H groups in total. The van der Waals surface area contributed by atoms with E-state index in [2.05, 4.69) is 9.97 Å². The van der Waals surface area contributed by atoms with Gasteiger partial charge in [0.1, 0.15) is 22.9 Å². The zero-order chi connectivity index (χ0) is 22.0. The second-order valence-electron chi connectivity index (χ2n) is 6.74. The second kappa shape index (κ2) is 8.75. The van der Waals surface area contributed by atoms with Crippen LogP contribution in [0.25, 0.3) is 21.6 Å². The summed E-state index contributed by atoms with van der Waals surface area (Å²) in [6.45, 7) is 2.24. The zero-order valence-corrected chi connectivity index (χ0v) is 17.9. The number of carboxylic acid groups (broad SMARTS) is 1. The van der Waals surface area contributed by atoms with Crippen LogP contribution in [0.5, 0.6) is 11.6 Å². The molecule has 0 saturated heterocycles. The Morgan fingerprint density at radius 1 is 1.10 bits per heavy atom. The van der Waals surface area contributed by atoms with Crippen LogP contribution in [0.15, 0.2) is 60.8 Å². The highest BCUT2D eigenvalue weighted by Crippen LogP contribution is 2.34. The number of halogens is 1. The van der Waals surface area contributed by atoms with Gasteiger partial charge in [-0.05, 0) is 47.9 Å². The predicted molar refractivity (Wildman–Crippen MR) is 120 cm³/mol. The lowest BCUT2D eigenvalue weighted by Gasteiger charge is -2.07. The monoisotopic (exact) mass is 452 g/mol. The van der Waals surface area contributed by atoms with E-state index in [1.165, 1.54) is 29.7 Å². The van der Waals surface area contributed by atoms with Gasteiger partial charge in [0.2, 0.25) is 5.88 Å². The van der Waals surface area contributed by atoms with Crippen molar-refractivity contribution in [2.24, 2.45) is 0 Å². The first kappa shape index (κ1) is 20.8. The maximum Gasteiger partial charge on any atom is 0.339 e. The van der Waals surface area contributed by atoms with Crippen molar-refractivity contribution in [1.82, 2.24) is 9.97 Å². The Hall–Kier alpha value is -3.42. The molecule has 0 fully saturated rings. The SMILES string of the molecule is Cc1nc(COc2ccc(Cl)cn2)sc1-c1cccc(-c2ccc(C(=O)O)c(O)c2)c1. The number of carboxylic acids is 1. The van der Waals surface area contributed by atoms with Crippen molar-refractivity contribution in [3.05, 3.63) is 82.1 Å². The van der Waals surface area contributed by atoms with Crippen molar-refractivity contribution in [2.45, 2.75) is 13.5 Å². The molecule has 8 heteroatoms. The smallest absolute Gasteiger partial charge is 0.339 e. The largest absolute Gasteiger partial charge is 0.507 e. The number of ether oxygens (including phenoxy) is 1. The molecule has 0 aliphatic heterocycles. The fourth-order valence-electron chi connectivity index (χ4n) is 3.10. The third kappa shape index (κ3) is 4.68. The van der Waals surface area contributed by atoms with Crippen LogP contribution in [-0.2, 0) is 6.61 Å². The predicted octanol–water partition coefficient (Wildman–Crippen LogP) is 5.82. The third-order valence-corrected chi connectivity index (χ3v) is 5.97. The maximum absolute atomic E-state index is 11.1. The number of aromatic hydroxyl groups is 1. The summed E-state index contributed by atoms with van der Waals surface area (Å²) < 4.78 is 5.69. The summed E-state index contributed by atoms with van der Waals surface area (Å²) in [6, 6.07) is 15.8. The lowest BCUT2D eigenvalue weighted by molar-refractivity contribution is 0.0694. The number of aromatic carboxylic acids is 1. The van der Waals surface area contributed by atoms with Gasteiger partial charge in [0, 0.05) is 12.3 Å². The van der Waals surface area contributed by atoms with Gasteiger partial charge in [-0.15, -0.1) is 11.3 Å². The Labute approximate surface area is 187 Å². The Kier molecular flexibility index (Phi) is 5.88. The lowest BCUT2D eigenvalue weighted by atomic mass is 10.0. The van der Waals surface area contributed by atoms with Gasteiger partial charge in [0.25, 0.3) is 0 Å². The van der Waals surface area contributed by atoms with Crippen LogP contribution >= 0.6 is 22.9 Å². The summed E-state index contributed by atoms with van der Waals surface area (Å²) in [5, 5.41) is 20.5. The molecule has 0 spiro atoms. The lowest BCUT2D eigenvalue weighted by Crippen LogP contribution is -1.96. The highest BCUT2D eigenvalue weighted by atomic mass is 35.5. The highest BCUT2D eigenvalue weighted by molar-refractivity contribution is 7.15. The van der Waals surface area contributed by atoms with E-state index in [0.717, 1.165) is 32.3 Å². The minimum absolute atomic E-state index is 0.127. The van der Waals surface area contributed by atoms with E-state index in [9.17, 15) is 9.90 Å². The van der Waals surface area contributed by atoms with E-state index in [1.807, 2.05) is 31.2 Å². The average Bonchev–Trinajstić information content (AvgIpc) is 3.13. The van der Waals surface area contributed by atoms with Crippen molar-refractivity contribution in [3.63, 3.8) is 0 Å². The first-order valence-electron chi connectivity index (χ1n) is 9.28. The van der Waals surface area contributed by atoms with E-state index in [1.54, 1.807) is 18.2 Å². The second-order valence-corrected chi connectivity index (χ2v) is 8.26. The van der Waals surface area contributed by atoms with E-state index in [0.29, 0.717) is 17.5 Å². The molecular formula is C23H17ClN2O4S. The van der Waals surface area contributed by atoms with Crippen molar-refractivity contribution in [1.29, 1.82) is 0 Å². The van der Waals surface area contributed by atoms with Gasteiger partial charge >= 0.3 is 5.97 Å². The molecule has 0 saturated carbocycles. The first-order valence-corrected chi connectivity index (χ1v) is 10.5. The molecule has 156 valence electrons. The van der Waals surface area contributed by atoms with Crippen LogP contribution in [0.3, 0.4) is 0 Å². The Morgan fingerprint density at radius 3 is 2.58 bits per heavy atom. The number of carbonyl (C=O) groups is 1. The first-order chi connectivity index (χ1) is 14.9. The zero-order valence-electron chi connectivity index (χ0n) is 16.4. The molecular weight excluding hydrogens is 436 g/mol. The number of aryl methyl sites for hydroxylation is 1. The molecule has 6 nitrogen and oxygen atoms in total. The van der Waals surface area contributed by atoms with Crippen LogP contribution in [0.2, 0.25) is 5.02 Å². The van der Waals surface area contributed by atoms with Crippen LogP contribution in [-0.4, -0.2) is 26.2 Å². The average molecular weight is 453 g/mol. The summed E-state index contributed by atoms with van der Waals surface area (Å²) in [5.74, 6) is -0.952. The molecule has 0 unspecified atom stereocenters. The highest BCUT2D eigenvalue weighted by Gasteiger charge is 2.13. The number of benzene rings is 2. The minimum atomic E-state index is -1.17. The molecule has 2 aromatic heterocycles. The quantitative estimate of drug-likeness (QED) is 0.383. The number of pyridine rings is 1. The van der Waals surface area contributed by atoms with Crippen molar-refractivity contribution < 1.29 is 19.7 Å². The van der Waals surface area contributed by atoms with Gasteiger partial charge < -0.3 is 14.9 Å². The van der Waals surface area contributed by atoms with E-state index < -0.39 is 5.97 Å². The van der Waals surface area contributed by atoms with Gasteiger partial charge in [-0.1, -0.05) is 35.9 Å². The molecule has 4 aromatic rings. The van der Waals surface area contributed by atoms with Crippen molar-refractivity contribution >= 4 is 28.9 Å². The van der Waals surface area contributed by atoms with Crippen LogP contribution in [0, 0.1) is 6.92 Å². The normalized spacial score (nSPS) is 10.8. The summed E-state index contributed by atoms with van der Waals surface area (Å²) in [4.78, 5) is 20.8. The Morgan fingerprint density at radius 2 is 1.87 bits per heavy atom. The van der Waals surface area contributed by atoms with Crippen LogP contribution < -0.4 is 4.74 Å². The van der Waals surface area contributed by atoms with E-state index in [-0.39, 0.29) is 11.3 Å².